The van der Waals surface area contributed by atoms with E-state index in [9.17, 15) is 9.59 Å². The number of hydrogen-bond donors (Lipinski definition) is 0. The van der Waals surface area contributed by atoms with E-state index in [1.807, 2.05) is 0 Å². The minimum atomic E-state index is -0.508. The molecular weight excluding hydrogens is 341 g/mol. The van der Waals surface area contributed by atoms with E-state index in [0.717, 1.165) is 0 Å². The molecule has 7 heteroatoms. The lowest BCUT2D eigenvalue weighted by atomic mass is 10.1. The minimum Gasteiger partial charge on any atom is -0.479 e. The lowest BCUT2D eigenvalue weighted by Gasteiger charge is -2.10. The third kappa shape index (κ3) is 4.94. The number of hydrogen-bond acceptors (Lipinski definition) is 5. The molecule has 0 N–H and O–H groups in total. The first kappa shape index (κ1) is 17.2. The van der Waals surface area contributed by atoms with Crippen LogP contribution in [0.4, 0.5) is 5.69 Å². The van der Waals surface area contributed by atoms with Crippen molar-refractivity contribution in [3.8, 4) is 5.75 Å². The highest BCUT2D eigenvalue weighted by Gasteiger charge is 2.12. The van der Waals surface area contributed by atoms with Gasteiger partial charge >= 0.3 is 5.97 Å². The number of rotatable bonds is 5. The van der Waals surface area contributed by atoms with Crippen LogP contribution in [0.15, 0.2) is 41.4 Å². The summed E-state index contributed by atoms with van der Waals surface area (Å²) in [7, 11) is 0. The summed E-state index contributed by atoms with van der Waals surface area (Å²) in [4.78, 5) is 26.7. The second-order valence-electron chi connectivity index (χ2n) is 4.44. The number of ether oxygens (including phenoxy) is 2. The molecule has 0 amide bonds. The van der Waals surface area contributed by atoms with Gasteiger partial charge in [0, 0.05) is 0 Å². The molecule has 0 unspecified atom stereocenters. The quantitative estimate of drug-likeness (QED) is 0.597. The predicted molar refractivity (Wildman–Crippen MR) is 89.0 cm³/mol. The molecule has 0 heterocycles. The molecule has 5 nitrogen and oxygen atoms in total. The number of nitrogens with zero attached hydrogens (tertiary/aromatic N) is 1. The third-order valence-electron chi connectivity index (χ3n) is 2.72. The summed E-state index contributed by atoms with van der Waals surface area (Å²) in [6, 6.07) is 3.11. The molecule has 2 rings (SSSR count). The van der Waals surface area contributed by atoms with Gasteiger partial charge in [-0.2, -0.15) is 0 Å². The van der Waals surface area contributed by atoms with Crippen LogP contribution in [0.25, 0.3) is 0 Å². The van der Waals surface area contributed by atoms with Crippen LogP contribution in [-0.2, 0) is 14.3 Å². The van der Waals surface area contributed by atoms with Gasteiger partial charge in [0.15, 0.2) is 18.1 Å². The number of aliphatic imine (C=N–C) groups is 1. The fourth-order valence-corrected chi connectivity index (χ4v) is 2.34. The Morgan fingerprint density at radius 2 is 1.74 bits per heavy atom. The van der Waals surface area contributed by atoms with Crippen LogP contribution < -0.4 is 4.74 Å². The summed E-state index contributed by atoms with van der Waals surface area (Å²) in [5.74, 6) is -0.413. The van der Waals surface area contributed by atoms with Gasteiger partial charge in [-0.3, -0.25) is 4.79 Å². The van der Waals surface area contributed by atoms with Gasteiger partial charge in [0.1, 0.15) is 0 Å². The van der Waals surface area contributed by atoms with Crippen molar-refractivity contribution in [2.75, 3.05) is 13.2 Å². The van der Waals surface area contributed by atoms with Crippen molar-refractivity contribution >= 4 is 46.4 Å². The third-order valence-corrected chi connectivity index (χ3v) is 3.28. The molecular formula is C16H13Cl2NO4. The van der Waals surface area contributed by atoms with Crippen LogP contribution in [0.3, 0.4) is 0 Å². The zero-order chi connectivity index (χ0) is 16.8. The van der Waals surface area contributed by atoms with Crippen molar-refractivity contribution < 1.29 is 19.1 Å². The molecule has 1 aromatic carbocycles. The molecule has 0 radical (unpaired) electrons. The molecule has 0 aliphatic heterocycles. The summed E-state index contributed by atoms with van der Waals surface area (Å²) in [5, 5.41) is 0.446. The SMILES string of the molecule is CCOC(=O)COc1c(Cl)cc(N=C2C=CC(=O)C=C2)cc1Cl. The predicted octanol–water partition coefficient (Wildman–Crippen LogP) is 3.70. The Bertz CT molecular complexity index is 682. The average Bonchev–Trinajstić information content (AvgIpc) is 2.49. The molecule has 0 saturated heterocycles. The summed E-state index contributed by atoms with van der Waals surface area (Å²) >= 11 is 12.2. The molecule has 1 aliphatic carbocycles. The van der Waals surface area contributed by atoms with Crippen molar-refractivity contribution in [3.63, 3.8) is 0 Å². The maximum atomic E-state index is 11.3. The Labute approximate surface area is 143 Å². The van der Waals surface area contributed by atoms with Crippen molar-refractivity contribution in [2.45, 2.75) is 6.92 Å². The number of carbonyl (C=O) groups is 2. The summed E-state index contributed by atoms with van der Waals surface area (Å²) in [6.07, 6.45) is 6.02. The van der Waals surface area contributed by atoms with Gasteiger partial charge < -0.3 is 9.47 Å². The molecule has 120 valence electrons. The molecule has 0 fully saturated rings. The van der Waals surface area contributed by atoms with Crippen LogP contribution in [0.5, 0.6) is 5.75 Å². The Morgan fingerprint density at radius 1 is 1.13 bits per heavy atom. The summed E-state index contributed by atoms with van der Waals surface area (Å²) < 4.78 is 10.0. The molecule has 0 atom stereocenters. The molecule has 0 spiro atoms. The second-order valence-corrected chi connectivity index (χ2v) is 5.25. The monoisotopic (exact) mass is 353 g/mol. The lowest BCUT2D eigenvalue weighted by molar-refractivity contribution is -0.145. The van der Waals surface area contributed by atoms with E-state index in [1.54, 1.807) is 31.2 Å². The van der Waals surface area contributed by atoms with Crippen molar-refractivity contribution in [2.24, 2.45) is 4.99 Å². The first-order valence-electron chi connectivity index (χ1n) is 6.76. The van der Waals surface area contributed by atoms with E-state index in [4.69, 9.17) is 32.7 Å². The molecule has 23 heavy (non-hydrogen) atoms. The van der Waals surface area contributed by atoms with Crippen LogP contribution in [0, 0.1) is 0 Å². The van der Waals surface area contributed by atoms with E-state index in [0.29, 0.717) is 11.4 Å². The number of esters is 1. The zero-order valence-electron chi connectivity index (χ0n) is 12.2. The van der Waals surface area contributed by atoms with Gasteiger partial charge in [0.05, 0.1) is 28.1 Å². The number of carbonyl (C=O) groups excluding carboxylic acids is 2. The van der Waals surface area contributed by atoms with Gasteiger partial charge in [0.25, 0.3) is 0 Å². The molecule has 1 aliphatic rings. The van der Waals surface area contributed by atoms with Gasteiger partial charge in [0.2, 0.25) is 0 Å². The second kappa shape index (κ2) is 7.94. The Morgan fingerprint density at radius 3 is 2.30 bits per heavy atom. The van der Waals surface area contributed by atoms with E-state index in [-0.39, 0.29) is 34.8 Å². The molecule has 0 saturated carbocycles. The number of halogens is 2. The van der Waals surface area contributed by atoms with Gasteiger partial charge in [-0.25, -0.2) is 9.79 Å². The normalized spacial score (nSPS) is 13.2. The fourth-order valence-electron chi connectivity index (χ4n) is 1.75. The Kier molecular flexibility index (Phi) is 5.96. The van der Waals surface area contributed by atoms with Gasteiger partial charge in [-0.15, -0.1) is 0 Å². The molecule has 0 aromatic heterocycles. The standard InChI is InChI=1S/C16H13Cl2NO4/c1-2-22-15(21)9-23-16-13(17)7-11(8-14(16)18)19-10-3-5-12(20)6-4-10/h3-8H,2,9H2,1H3. The van der Waals surface area contributed by atoms with Crippen molar-refractivity contribution in [3.05, 3.63) is 46.5 Å². The van der Waals surface area contributed by atoms with E-state index >= 15 is 0 Å². The summed E-state index contributed by atoms with van der Waals surface area (Å²) in [5.41, 5.74) is 1.10. The topological polar surface area (TPSA) is 65.0 Å². The van der Waals surface area contributed by atoms with Gasteiger partial charge in [-0.05, 0) is 43.4 Å². The fraction of sp³-hybridized carbons (Fsp3) is 0.188. The molecule has 0 bridgehead atoms. The number of benzene rings is 1. The van der Waals surface area contributed by atoms with E-state index in [1.165, 1.54) is 12.2 Å². The highest BCUT2D eigenvalue weighted by molar-refractivity contribution is 6.37. The smallest absolute Gasteiger partial charge is 0.344 e. The van der Waals surface area contributed by atoms with E-state index in [2.05, 4.69) is 4.99 Å². The van der Waals surface area contributed by atoms with Crippen LogP contribution in [0.2, 0.25) is 10.0 Å². The number of ketones is 1. The van der Waals surface area contributed by atoms with Crippen LogP contribution in [-0.4, -0.2) is 30.7 Å². The highest BCUT2D eigenvalue weighted by atomic mass is 35.5. The van der Waals surface area contributed by atoms with Gasteiger partial charge in [-0.1, -0.05) is 23.2 Å². The first-order chi connectivity index (χ1) is 11.0. The lowest BCUT2D eigenvalue weighted by Crippen LogP contribution is -2.14. The van der Waals surface area contributed by atoms with E-state index < -0.39 is 5.97 Å². The maximum absolute atomic E-state index is 11.3. The Balaban J connectivity index is 2.15. The number of allylic oxidation sites excluding steroid dienone is 4. The minimum absolute atomic E-state index is 0.0947. The first-order valence-corrected chi connectivity index (χ1v) is 7.51. The van der Waals surface area contributed by atoms with Crippen LogP contribution in [0.1, 0.15) is 6.92 Å². The average molecular weight is 354 g/mol. The summed E-state index contributed by atoms with van der Waals surface area (Å²) in [6.45, 7) is 1.69. The Hall–Kier alpha value is -2.11. The maximum Gasteiger partial charge on any atom is 0.344 e. The highest BCUT2D eigenvalue weighted by Crippen LogP contribution is 2.37. The van der Waals surface area contributed by atoms with Crippen molar-refractivity contribution in [1.82, 2.24) is 0 Å². The van der Waals surface area contributed by atoms with Crippen molar-refractivity contribution in [1.29, 1.82) is 0 Å². The largest absolute Gasteiger partial charge is 0.479 e. The van der Waals surface area contributed by atoms with Crippen LogP contribution >= 0.6 is 23.2 Å². The molecule has 1 aromatic rings. The zero-order valence-corrected chi connectivity index (χ0v) is 13.7.